The Kier molecular flexibility index (Phi) is 5.92. The van der Waals surface area contributed by atoms with Crippen LogP contribution in [-0.2, 0) is 4.57 Å². The molecule has 0 saturated heterocycles. The molecule has 0 bridgehead atoms. The van der Waals surface area contributed by atoms with Gasteiger partial charge in [0.15, 0.2) is 7.14 Å². The molecule has 0 saturated carbocycles. The summed E-state index contributed by atoms with van der Waals surface area (Å²) in [6.45, 7) is 0. The zero-order valence-corrected chi connectivity index (χ0v) is 18.0. The molecule has 0 aliphatic carbocycles. The molecule has 4 rings (SSSR count). The van der Waals surface area contributed by atoms with Crippen molar-refractivity contribution in [2.45, 2.75) is 5.66 Å². The minimum atomic E-state index is -3.15. The van der Waals surface area contributed by atoms with Gasteiger partial charge in [0.1, 0.15) is 0 Å². The summed E-state index contributed by atoms with van der Waals surface area (Å²) in [6, 6.07) is 34.6. The Morgan fingerprint density at radius 2 is 1.10 bits per heavy atom. The van der Waals surface area contributed by atoms with E-state index in [1.165, 1.54) is 0 Å². The van der Waals surface area contributed by atoms with Crippen LogP contribution in [0.25, 0.3) is 0 Å². The van der Waals surface area contributed by atoms with Crippen LogP contribution in [0.4, 0.5) is 0 Å². The van der Waals surface area contributed by atoms with Crippen molar-refractivity contribution in [1.29, 1.82) is 0 Å². The summed E-state index contributed by atoms with van der Waals surface area (Å²) in [5, 5.41) is 2.66. The Bertz CT molecular complexity index is 1100. The predicted molar refractivity (Wildman–Crippen MR) is 125 cm³/mol. The largest absolute Gasteiger partial charge is 0.313 e. The third-order valence-corrected chi connectivity index (χ3v) is 9.01. The SMILES string of the molecule is O=P(c1ccccc1)(c1ccccc1)C(c1ccccc1)c1ccc(Cl)cc1Cl. The summed E-state index contributed by atoms with van der Waals surface area (Å²) in [7, 11) is -3.15. The van der Waals surface area contributed by atoms with Crippen LogP contribution in [0.5, 0.6) is 0 Å². The topological polar surface area (TPSA) is 17.1 Å². The van der Waals surface area contributed by atoms with Crippen LogP contribution in [-0.4, -0.2) is 0 Å². The Morgan fingerprint density at radius 1 is 0.621 bits per heavy atom. The molecule has 0 radical (unpaired) electrons. The zero-order valence-electron chi connectivity index (χ0n) is 15.6. The molecule has 0 aromatic heterocycles. The Balaban J connectivity index is 2.06. The minimum absolute atomic E-state index is 0.432. The van der Waals surface area contributed by atoms with Crippen molar-refractivity contribution < 1.29 is 4.57 Å². The van der Waals surface area contributed by atoms with Crippen molar-refractivity contribution in [2.75, 3.05) is 0 Å². The molecular formula is C25H19Cl2OP. The van der Waals surface area contributed by atoms with E-state index in [1.807, 2.05) is 97.1 Å². The second-order valence-electron chi connectivity index (χ2n) is 6.81. The van der Waals surface area contributed by atoms with Crippen molar-refractivity contribution in [3.8, 4) is 0 Å². The summed E-state index contributed by atoms with van der Waals surface area (Å²) >= 11 is 12.8. The molecule has 0 aliphatic heterocycles. The summed E-state index contributed by atoms with van der Waals surface area (Å²) in [5.74, 6) is 0. The van der Waals surface area contributed by atoms with Gasteiger partial charge in [-0.25, -0.2) is 0 Å². The highest BCUT2D eigenvalue weighted by Crippen LogP contribution is 2.61. The van der Waals surface area contributed by atoms with Gasteiger partial charge in [-0.15, -0.1) is 0 Å². The second-order valence-corrected chi connectivity index (χ2v) is 10.5. The third kappa shape index (κ3) is 3.91. The van der Waals surface area contributed by atoms with Gasteiger partial charge < -0.3 is 4.57 Å². The molecule has 1 nitrogen and oxygen atoms in total. The summed E-state index contributed by atoms with van der Waals surface area (Å²) in [5.41, 5.74) is 1.32. The average Bonchev–Trinajstić information content (AvgIpc) is 2.77. The van der Waals surface area contributed by atoms with E-state index in [-0.39, 0.29) is 0 Å². The van der Waals surface area contributed by atoms with E-state index in [0.29, 0.717) is 10.0 Å². The summed E-state index contributed by atoms with van der Waals surface area (Å²) in [4.78, 5) is 0. The third-order valence-electron chi connectivity index (χ3n) is 5.02. The van der Waals surface area contributed by atoms with Gasteiger partial charge in [0, 0.05) is 20.7 Å². The second kappa shape index (κ2) is 8.59. The van der Waals surface area contributed by atoms with Gasteiger partial charge in [0.2, 0.25) is 0 Å². The van der Waals surface area contributed by atoms with Crippen LogP contribution in [0.2, 0.25) is 10.0 Å². The molecule has 4 heteroatoms. The summed E-state index contributed by atoms with van der Waals surface area (Å²) < 4.78 is 15.1. The van der Waals surface area contributed by atoms with E-state index in [9.17, 15) is 0 Å². The van der Waals surface area contributed by atoms with Gasteiger partial charge in [-0.2, -0.15) is 0 Å². The van der Waals surface area contributed by atoms with Crippen LogP contribution >= 0.6 is 30.3 Å². The number of hydrogen-bond acceptors (Lipinski definition) is 1. The van der Waals surface area contributed by atoms with E-state index in [2.05, 4.69) is 0 Å². The van der Waals surface area contributed by atoms with Crippen molar-refractivity contribution in [2.24, 2.45) is 0 Å². The maximum Gasteiger partial charge on any atom is 0.154 e. The number of hydrogen-bond donors (Lipinski definition) is 0. The highest BCUT2D eigenvalue weighted by molar-refractivity contribution is 7.79. The molecular weight excluding hydrogens is 418 g/mol. The molecule has 1 atom stereocenters. The van der Waals surface area contributed by atoms with Crippen molar-refractivity contribution in [1.82, 2.24) is 0 Å². The molecule has 144 valence electrons. The molecule has 29 heavy (non-hydrogen) atoms. The molecule has 4 aromatic carbocycles. The Labute approximate surface area is 181 Å². The first-order chi connectivity index (χ1) is 14.1. The Morgan fingerprint density at radius 3 is 1.59 bits per heavy atom. The van der Waals surface area contributed by atoms with Gasteiger partial charge in [0.25, 0.3) is 0 Å². The maximum absolute atomic E-state index is 15.1. The van der Waals surface area contributed by atoms with E-state index in [4.69, 9.17) is 23.2 Å². The molecule has 0 heterocycles. The smallest absolute Gasteiger partial charge is 0.154 e. The molecule has 1 unspecified atom stereocenters. The first-order valence-electron chi connectivity index (χ1n) is 9.31. The lowest BCUT2D eigenvalue weighted by atomic mass is 10.0. The lowest BCUT2D eigenvalue weighted by molar-refractivity contribution is 0.582. The highest BCUT2D eigenvalue weighted by atomic mass is 35.5. The van der Waals surface area contributed by atoms with Crippen molar-refractivity contribution >= 4 is 41.0 Å². The molecule has 0 spiro atoms. The molecule has 0 N–H and O–H groups in total. The van der Waals surface area contributed by atoms with E-state index >= 15 is 4.57 Å². The first kappa shape index (κ1) is 20.0. The van der Waals surface area contributed by atoms with Crippen LogP contribution in [0.3, 0.4) is 0 Å². The van der Waals surface area contributed by atoms with Crippen LogP contribution < -0.4 is 10.6 Å². The fraction of sp³-hybridized carbons (Fsp3) is 0.0400. The summed E-state index contributed by atoms with van der Waals surface area (Å²) in [6.07, 6.45) is 0. The van der Waals surface area contributed by atoms with Gasteiger partial charge in [-0.3, -0.25) is 0 Å². The van der Waals surface area contributed by atoms with E-state index in [0.717, 1.165) is 21.7 Å². The predicted octanol–water partition coefficient (Wildman–Crippen LogP) is 7.10. The van der Waals surface area contributed by atoms with Gasteiger partial charge in [0.05, 0.1) is 5.66 Å². The normalized spacial score (nSPS) is 12.5. The number of halogens is 2. The number of benzene rings is 4. The van der Waals surface area contributed by atoms with Crippen LogP contribution in [0.15, 0.2) is 109 Å². The van der Waals surface area contributed by atoms with Crippen LogP contribution in [0, 0.1) is 0 Å². The van der Waals surface area contributed by atoms with Crippen LogP contribution in [0.1, 0.15) is 16.8 Å². The molecule has 0 fully saturated rings. The van der Waals surface area contributed by atoms with E-state index in [1.54, 1.807) is 12.1 Å². The molecule has 0 amide bonds. The molecule has 0 aliphatic rings. The van der Waals surface area contributed by atoms with Crippen molar-refractivity contribution in [3.05, 3.63) is 130 Å². The van der Waals surface area contributed by atoms with Crippen molar-refractivity contribution in [3.63, 3.8) is 0 Å². The minimum Gasteiger partial charge on any atom is -0.313 e. The molecule has 4 aromatic rings. The lowest BCUT2D eigenvalue weighted by Crippen LogP contribution is -2.22. The average molecular weight is 437 g/mol. The van der Waals surface area contributed by atoms with Gasteiger partial charge >= 0.3 is 0 Å². The van der Waals surface area contributed by atoms with E-state index < -0.39 is 12.8 Å². The Hall–Kier alpha value is -2.31. The maximum atomic E-state index is 15.1. The number of rotatable bonds is 5. The quantitative estimate of drug-likeness (QED) is 0.305. The first-order valence-corrected chi connectivity index (χ1v) is 11.8. The monoisotopic (exact) mass is 436 g/mol. The van der Waals surface area contributed by atoms with Gasteiger partial charge in [-0.1, -0.05) is 120 Å². The highest BCUT2D eigenvalue weighted by Gasteiger charge is 2.39. The fourth-order valence-electron chi connectivity index (χ4n) is 3.69. The lowest BCUT2D eigenvalue weighted by Gasteiger charge is -2.30. The zero-order chi connectivity index (χ0) is 20.3. The fourth-order valence-corrected chi connectivity index (χ4v) is 7.62. The standard InChI is InChI=1S/C25H19Cl2OP/c26-20-16-17-23(24(27)18-20)25(19-10-4-1-5-11-19)29(28,21-12-6-2-7-13-21)22-14-8-3-9-15-22/h1-18,25H. The van der Waals surface area contributed by atoms with Gasteiger partial charge in [-0.05, 0) is 23.3 Å².